The summed E-state index contributed by atoms with van der Waals surface area (Å²) in [5.74, 6) is 0.260. The Hall–Kier alpha value is -1.22. The van der Waals surface area contributed by atoms with Gasteiger partial charge in [0.25, 0.3) is 0 Å². The van der Waals surface area contributed by atoms with Gasteiger partial charge in [-0.05, 0) is 56.1 Å². The van der Waals surface area contributed by atoms with Gasteiger partial charge in [0.05, 0.1) is 0 Å². The molecule has 0 radical (unpaired) electrons. The molecule has 0 aliphatic carbocycles. The van der Waals surface area contributed by atoms with Crippen molar-refractivity contribution in [3.63, 3.8) is 0 Å². The molecule has 16 heavy (non-hydrogen) atoms. The van der Waals surface area contributed by atoms with Crippen molar-refractivity contribution in [1.82, 2.24) is 5.32 Å². The minimum Gasteiger partial charge on any atom is -0.316 e. The van der Waals surface area contributed by atoms with Crippen LogP contribution < -0.4 is 5.32 Å². The number of rotatable bonds is 3. The molecule has 0 spiro atoms. The zero-order chi connectivity index (χ0) is 11.4. The van der Waals surface area contributed by atoms with Crippen molar-refractivity contribution in [3.8, 4) is 0 Å². The number of nitrogens with one attached hydrogen (secondary N) is 1. The zero-order valence-corrected chi connectivity index (χ0v) is 9.21. The molecule has 1 N–H and O–H groups in total. The predicted molar refractivity (Wildman–Crippen MR) is 60.9 cm³/mol. The van der Waals surface area contributed by atoms with Gasteiger partial charge < -0.3 is 5.32 Å². The van der Waals surface area contributed by atoms with E-state index in [9.17, 15) is 9.18 Å². The van der Waals surface area contributed by atoms with E-state index in [0.717, 1.165) is 25.9 Å². The summed E-state index contributed by atoms with van der Waals surface area (Å²) in [7, 11) is 0. The maximum absolute atomic E-state index is 12.7. The van der Waals surface area contributed by atoms with Crippen molar-refractivity contribution in [2.45, 2.75) is 19.3 Å². The van der Waals surface area contributed by atoms with E-state index in [1.807, 2.05) is 0 Å². The van der Waals surface area contributed by atoms with Gasteiger partial charge in [-0.15, -0.1) is 0 Å². The van der Waals surface area contributed by atoms with Crippen molar-refractivity contribution in [2.24, 2.45) is 5.92 Å². The lowest BCUT2D eigenvalue weighted by molar-refractivity contribution is 0.0954. The fourth-order valence-corrected chi connectivity index (χ4v) is 2.11. The van der Waals surface area contributed by atoms with Crippen molar-refractivity contribution >= 4 is 5.78 Å². The first-order valence-corrected chi connectivity index (χ1v) is 5.75. The quantitative estimate of drug-likeness (QED) is 0.794. The summed E-state index contributed by atoms with van der Waals surface area (Å²) < 4.78 is 12.7. The second-order valence-electron chi connectivity index (χ2n) is 4.35. The maximum atomic E-state index is 12.7. The van der Waals surface area contributed by atoms with Gasteiger partial charge >= 0.3 is 0 Å². The van der Waals surface area contributed by atoms with E-state index in [4.69, 9.17) is 0 Å². The Morgan fingerprint density at radius 3 is 2.75 bits per heavy atom. The Balaban J connectivity index is 1.94. The van der Waals surface area contributed by atoms with Crippen LogP contribution in [0.1, 0.15) is 29.6 Å². The van der Waals surface area contributed by atoms with E-state index in [2.05, 4.69) is 5.32 Å². The molecule has 0 bridgehead atoms. The highest BCUT2D eigenvalue weighted by molar-refractivity contribution is 5.96. The molecule has 3 heteroatoms. The first-order valence-electron chi connectivity index (χ1n) is 5.75. The van der Waals surface area contributed by atoms with Crippen LogP contribution in [0.2, 0.25) is 0 Å². The first-order chi connectivity index (χ1) is 7.75. The third kappa shape index (κ3) is 2.89. The summed E-state index contributed by atoms with van der Waals surface area (Å²) >= 11 is 0. The second kappa shape index (κ2) is 5.21. The van der Waals surface area contributed by atoms with Crippen LogP contribution in [0.25, 0.3) is 0 Å². The van der Waals surface area contributed by atoms with Gasteiger partial charge in [-0.2, -0.15) is 0 Å². The number of ketones is 1. The molecule has 1 aromatic carbocycles. The standard InChI is InChI=1S/C13H16FNO/c14-12-5-3-11(4-6-12)13(16)8-10-2-1-7-15-9-10/h3-6,10,15H,1-2,7-9H2. The molecule has 0 saturated carbocycles. The van der Waals surface area contributed by atoms with Crippen LogP contribution in [0.3, 0.4) is 0 Å². The molecular formula is C13H16FNO. The van der Waals surface area contributed by atoms with Gasteiger partial charge in [0, 0.05) is 12.0 Å². The molecule has 1 fully saturated rings. The number of hydrogen-bond acceptors (Lipinski definition) is 2. The molecule has 1 aliphatic heterocycles. The van der Waals surface area contributed by atoms with Crippen molar-refractivity contribution in [1.29, 1.82) is 0 Å². The van der Waals surface area contributed by atoms with Crippen LogP contribution in [0.15, 0.2) is 24.3 Å². The van der Waals surface area contributed by atoms with Crippen molar-refractivity contribution in [3.05, 3.63) is 35.6 Å². The highest BCUT2D eigenvalue weighted by Gasteiger charge is 2.17. The predicted octanol–water partition coefficient (Wildman–Crippen LogP) is 2.40. The summed E-state index contributed by atoms with van der Waals surface area (Å²) in [4.78, 5) is 11.9. The lowest BCUT2D eigenvalue weighted by Gasteiger charge is -2.21. The monoisotopic (exact) mass is 221 g/mol. The maximum Gasteiger partial charge on any atom is 0.163 e. The second-order valence-corrected chi connectivity index (χ2v) is 4.35. The van der Waals surface area contributed by atoms with Crippen molar-refractivity contribution < 1.29 is 9.18 Å². The Kier molecular flexibility index (Phi) is 3.67. The number of carbonyl (C=O) groups is 1. The highest BCUT2D eigenvalue weighted by Crippen LogP contribution is 2.17. The third-order valence-electron chi connectivity index (χ3n) is 3.04. The molecule has 1 heterocycles. The Morgan fingerprint density at radius 1 is 1.38 bits per heavy atom. The topological polar surface area (TPSA) is 29.1 Å². The van der Waals surface area contributed by atoms with Crippen LogP contribution in [0.4, 0.5) is 4.39 Å². The zero-order valence-electron chi connectivity index (χ0n) is 9.21. The molecule has 1 aliphatic rings. The molecule has 86 valence electrons. The molecule has 0 aromatic heterocycles. The van der Waals surface area contributed by atoms with E-state index in [1.54, 1.807) is 12.1 Å². The molecule has 1 saturated heterocycles. The SMILES string of the molecule is O=C(CC1CCCNC1)c1ccc(F)cc1. The molecule has 1 atom stereocenters. The average molecular weight is 221 g/mol. The summed E-state index contributed by atoms with van der Waals surface area (Å²) in [5, 5.41) is 3.29. The van der Waals surface area contributed by atoms with E-state index >= 15 is 0 Å². The lowest BCUT2D eigenvalue weighted by Crippen LogP contribution is -2.31. The van der Waals surface area contributed by atoms with E-state index in [-0.39, 0.29) is 11.6 Å². The van der Waals surface area contributed by atoms with Gasteiger partial charge in [-0.25, -0.2) is 4.39 Å². The van der Waals surface area contributed by atoms with Crippen LogP contribution >= 0.6 is 0 Å². The molecule has 2 rings (SSSR count). The number of carbonyl (C=O) groups excluding carboxylic acids is 1. The van der Waals surface area contributed by atoms with E-state index in [1.165, 1.54) is 12.1 Å². The minimum absolute atomic E-state index is 0.119. The van der Waals surface area contributed by atoms with E-state index < -0.39 is 0 Å². The van der Waals surface area contributed by atoms with Gasteiger partial charge in [-0.3, -0.25) is 4.79 Å². The van der Waals surface area contributed by atoms with E-state index in [0.29, 0.717) is 17.9 Å². The molecule has 1 unspecified atom stereocenters. The molecule has 0 amide bonds. The van der Waals surface area contributed by atoms with Gasteiger partial charge in [0.1, 0.15) is 5.82 Å². The van der Waals surface area contributed by atoms with Gasteiger partial charge in [0.2, 0.25) is 0 Å². The summed E-state index contributed by atoms with van der Waals surface area (Å²) in [6.07, 6.45) is 2.82. The summed E-state index contributed by atoms with van der Waals surface area (Å²) in [5.41, 5.74) is 0.618. The Bertz CT molecular complexity index is 355. The summed E-state index contributed by atoms with van der Waals surface area (Å²) in [6, 6.07) is 5.81. The highest BCUT2D eigenvalue weighted by atomic mass is 19.1. The molecule has 2 nitrogen and oxygen atoms in total. The summed E-state index contributed by atoms with van der Waals surface area (Å²) in [6.45, 7) is 1.98. The number of Topliss-reactive ketones (excluding diaryl/α,β-unsaturated/α-hetero) is 1. The largest absolute Gasteiger partial charge is 0.316 e. The normalized spacial score (nSPS) is 20.7. The average Bonchev–Trinajstić information content (AvgIpc) is 2.31. The van der Waals surface area contributed by atoms with Gasteiger partial charge in [-0.1, -0.05) is 0 Å². The van der Waals surface area contributed by atoms with Crippen LogP contribution in [-0.2, 0) is 0 Å². The smallest absolute Gasteiger partial charge is 0.163 e. The number of halogens is 1. The number of benzene rings is 1. The first kappa shape index (κ1) is 11.3. The fourth-order valence-electron chi connectivity index (χ4n) is 2.11. The Labute approximate surface area is 94.9 Å². The number of piperidine rings is 1. The number of hydrogen-bond donors (Lipinski definition) is 1. The lowest BCUT2D eigenvalue weighted by atomic mass is 9.92. The molecular weight excluding hydrogens is 205 g/mol. The van der Waals surface area contributed by atoms with Crippen molar-refractivity contribution in [2.75, 3.05) is 13.1 Å². The third-order valence-corrected chi connectivity index (χ3v) is 3.04. The van der Waals surface area contributed by atoms with Crippen LogP contribution in [0.5, 0.6) is 0 Å². The Morgan fingerprint density at radius 2 is 2.12 bits per heavy atom. The fraction of sp³-hybridized carbons (Fsp3) is 0.462. The van der Waals surface area contributed by atoms with Crippen LogP contribution in [0, 0.1) is 11.7 Å². The molecule has 1 aromatic rings. The van der Waals surface area contributed by atoms with Crippen LogP contribution in [-0.4, -0.2) is 18.9 Å². The minimum atomic E-state index is -0.295. The van der Waals surface area contributed by atoms with Gasteiger partial charge in [0.15, 0.2) is 5.78 Å².